The predicted molar refractivity (Wildman–Crippen MR) is 110 cm³/mol. The molecule has 2 aromatic heterocycles. The Hall–Kier alpha value is -3.88. The molecule has 4 rings (SSSR count). The highest BCUT2D eigenvalue weighted by atomic mass is 19.2. The highest BCUT2D eigenvalue weighted by Gasteiger charge is 2.20. The van der Waals surface area contributed by atoms with Crippen LogP contribution >= 0.6 is 0 Å². The molecular formula is C22H18F3N5O. The highest BCUT2D eigenvalue weighted by Crippen LogP contribution is 2.34. The van der Waals surface area contributed by atoms with Crippen LogP contribution in [0.3, 0.4) is 0 Å². The predicted octanol–water partition coefficient (Wildman–Crippen LogP) is 5.47. The van der Waals surface area contributed by atoms with Crippen LogP contribution in [0.1, 0.15) is 18.1 Å². The van der Waals surface area contributed by atoms with Crippen molar-refractivity contribution in [3.63, 3.8) is 0 Å². The van der Waals surface area contributed by atoms with Crippen LogP contribution in [0.5, 0.6) is 0 Å². The fourth-order valence-corrected chi connectivity index (χ4v) is 2.95. The second-order valence-corrected chi connectivity index (χ2v) is 6.70. The van der Waals surface area contributed by atoms with Crippen LogP contribution in [-0.4, -0.2) is 15.2 Å². The summed E-state index contributed by atoms with van der Waals surface area (Å²) in [6, 6.07) is 10.5. The zero-order valence-corrected chi connectivity index (χ0v) is 16.5. The molecule has 158 valence electrons. The first-order valence-electron chi connectivity index (χ1n) is 9.55. The first-order chi connectivity index (χ1) is 15.0. The van der Waals surface area contributed by atoms with Crippen LogP contribution in [0.25, 0.3) is 11.5 Å². The normalized spacial score (nSPS) is 10.8. The molecule has 0 aliphatic carbocycles. The quantitative estimate of drug-likeness (QED) is 0.409. The van der Waals surface area contributed by atoms with Crippen molar-refractivity contribution in [2.45, 2.75) is 19.9 Å². The number of nitrogens with zero attached hydrogens (tertiary/aromatic N) is 3. The molecule has 2 aromatic carbocycles. The van der Waals surface area contributed by atoms with E-state index in [2.05, 4.69) is 25.8 Å². The summed E-state index contributed by atoms with van der Waals surface area (Å²) in [4.78, 5) is 4.01. The monoisotopic (exact) mass is 425 g/mol. The van der Waals surface area contributed by atoms with Gasteiger partial charge < -0.3 is 15.1 Å². The molecule has 0 amide bonds. The number of aryl methyl sites for hydroxylation is 1. The van der Waals surface area contributed by atoms with Crippen LogP contribution < -0.4 is 10.6 Å². The zero-order chi connectivity index (χ0) is 21.8. The second-order valence-electron chi connectivity index (χ2n) is 6.70. The van der Waals surface area contributed by atoms with Crippen molar-refractivity contribution in [3.8, 4) is 11.5 Å². The third-order valence-electron chi connectivity index (χ3n) is 4.62. The van der Waals surface area contributed by atoms with Crippen molar-refractivity contribution in [2.24, 2.45) is 0 Å². The number of hydrogen-bond acceptors (Lipinski definition) is 6. The first-order valence-corrected chi connectivity index (χ1v) is 9.55. The number of pyridine rings is 1. The van der Waals surface area contributed by atoms with Gasteiger partial charge in [0, 0.05) is 18.9 Å². The van der Waals surface area contributed by atoms with Gasteiger partial charge in [0.05, 0.1) is 16.9 Å². The number of hydrogen-bond donors (Lipinski definition) is 2. The van der Waals surface area contributed by atoms with Gasteiger partial charge in [0.15, 0.2) is 11.6 Å². The van der Waals surface area contributed by atoms with E-state index in [0.29, 0.717) is 13.0 Å². The highest BCUT2D eigenvalue weighted by molar-refractivity contribution is 5.78. The fourth-order valence-electron chi connectivity index (χ4n) is 2.95. The molecule has 2 heterocycles. The maximum absolute atomic E-state index is 14.6. The summed E-state index contributed by atoms with van der Waals surface area (Å²) in [6.45, 7) is 2.27. The molecule has 0 fully saturated rings. The number of aromatic nitrogens is 3. The Balaban J connectivity index is 1.62. The minimum absolute atomic E-state index is 0.00242. The topological polar surface area (TPSA) is 75.9 Å². The lowest BCUT2D eigenvalue weighted by Crippen LogP contribution is -2.02. The van der Waals surface area contributed by atoms with Gasteiger partial charge in [0.2, 0.25) is 0 Å². The molecule has 4 aromatic rings. The van der Waals surface area contributed by atoms with E-state index in [1.807, 2.05) is 13.0 Å². The minimum atomic E-state index is -1.18. The minimum Gasteiger partial charge on any atom is -0.403 e. The number of rotatable bonds is 7. The lowest BCUT2D eigenvalue weighted by atomic mass is 10.1. The van der Waals surface area contributed by atoms with Crippen molar-refractivity contribution < 1.29 is 17.6 Å². The maximum atomic E-state index is 14.6. The summed E-state index contributed by atoms with van der Waals surface area (Å²) >= 11 is 0. The molecule has 0 spiro atoms. The van der Waals surface area contributed by atoms with E-state index in [0.717, 1.165) is 17.2 Å². The van der Waals surface area contributed by atoms with Gasteiger partial charge in [-0.15, -0.1) is 5.10 Å². The second kappa shape index (κ2) is 8.86. The molecular weight excluding hydrogens is 407 g/mol. The van der Waals surface area contributed by atoms with Gasteiger partial charge in [-0.25, -0.2) is 13.2 Å². The Morgan fingerprint density at radius 3 is 2.58 bits per heavy atom. The lowest BCUT2D eigenvalue weighted by Gasteiger charge is -2.13. The van der Waals surface area contributed by atoms with Gasteiger partial charge in [0.25, 0.3) is 5.89 Å². The zero-order valence-electron chi connectivity index (χ0n) is 16.5. The number of anilines is 3. The van der Waals surface area contributed by atoms with E-state index in [9.17, 15) is 13.2 Å². The van der Waals surface area contributed by atoms with Crippen molar-refractivity contribution >= 4 is 17.4 Å². The fraction of sp³-hybridized carbons (Fsp3) is 0.136. The van der Waals surface area contributed by atoms with Crippen molar-refractivity contribution in [2.75, 3.05) is 10.6 Å². The molecule has 6 nitrogen and oxygen atoms in total. The summed E-state index contributed by atoms with van der Waals surface area (Å²) in [5.74, 6) is -2.91. The van der Waals surface area contributed by atoms with Gasteiger partial charge in [-0.05, 0) is 47.9 Å². The van der Waals surface area contributed by atoms with Crippen LogP contribution in [0, 0.1) is 17.5 Å². The van der Waals surface area contributed by atoms with Crippen LogP contribution in [0.4, 0.5) is 30.6 Å². The average molecular weight is 425 g/mol. The summed E-state index contributed by atoms with van der Waals surface area (Å²) < 4.78 is 48.5. The molecule has 31 heavy (non-hydrogen) atoms. The molecule has 0 saturated carbocycles. The third-order valence-corrected chi connectivity index (χ3v) is 4.62. The van der Waals surface area contributed by atoms with E-state index in [1.54, 1.807) is 24.5 Å². The standard InChI is InChI=1S/C22H18F3N5O/c1-2-13-5-8-18(17(24)10-13)28-20-15(6-7-16(23)19(20)25)21-29-30-22(31-21)27-12-14-4-3-9-26-11-14/h3-11,28H,2,12H2,1H3,(H,27,30). The number of benzene rings is 2. The van der Waals surface area contributed by atoms with Crippen LogP contribution in [0.2, 0.25) is 0 Å². The van der Waals surface area contributed by atoms with Gasteiger partial charge in [0.1, 0.15) is 5.82 Å². The maximum Gasteiger partial charge on any atom is 0.316 e. The van der Waals surface area contributed by atoms with E-state index in [-0.39, 0.29) is 28.8 Å². The van der Waals surface area contributed by atoms with Crippen molar-refractivity contribution in [3.05, 3.63) is 83.4 Å². The third kappa shape index (κ3) is 4.50. The molecule has 0 aliphatic rings. The lowest BCUT2D eigenvalue weighted by molar-refractivity contribution is 0.511. The van der Waals surface area contributed by atoms with Crippen LogP contribution in [0.15, 0.2) is 59.3 Å². The summed E-state index contributed by atoms with van der Waals surface area (Å²) in [5.41, 5.74) is 1.47. The molecule has 9 heteroatoms. The summed E-state index contributed by atoms with van der Waals surface area (Å²) in [6.07, 6.45) is 3.98. The number of halogens is 3. The average Bonchev–Trinajstić information content (AvgIpc) is 3.26. The molecule has 2 N–H and O–H groups in total. The Morgan fingerprint density at radius 2 is 1.84 bits per heavy atom. The van der Waals surface area contributed by atoms with Gasteiger partial charge in [-0.3, -0.25) is 4.98 Å². The van der Waals surface area contributed by atoms with Gasteiger partial charge in [-0.2, -0.15) is 0 Å². The Bertz CT molecular complexity index is 1200. The molecule has 0 unspecified atom stereocenters. The Morgan fingerprint density at radius 1 is 0.968 bits per heavy atom. The molecule has 0 bridgehead atoms. The molecule has 0 atom stereocenters. The van der Waals surface area contributed by atoms with E-state index < -0.39 is 17.5 Å². The largest absolute Gasteiger partial charge is 0.403 e. The van der Waals surface area contributed by atoms with Gasteiger partial charge in [-0.1, -0.05) is 24.2 Å². The Labute approximate surface area is 176 Å². The summed E-state index contributed by atoms with van der Waals surface area (Å²) in [7, 11) is 0. The molecule has 0 aliphatic heterocycles. The van der Waals surface area contributed by atoms with E-state index in [1.165, 1.54) is 18.2 Å². The Kier molecular flexibility index (Phi) is 5.83. The smallest absolute Gasteiger partial charge is 0.316 e. The van der Waals surface area contributed by atoms with E-state index >= 15 is 0 Å². The SMILES string of the molecule is CCc1ccc(Nc2c(-c3nnc(NCc4cccnc4)o3)ccc(F)c2F)c(F)c1. The van der Waals surface area contributed by atoms with Crippen LogP contribution in [-0.2, 0) is 13.0 Å². The van der Waals surface area contributed by atoms with Gasteiger partial charge >= 0.3 is 6.01 Å². The van der Waals surface area contributed by atoms with E-state index in [4.69, 9.17) is 4.42 Å². The van der Waals surface area contributed by atoms with Crippen molar-refractivity contribution in [1.29, 1.82) is 0 Å². The molecule has 0 saturated heterocycles. The first kappa shape index (κ1) is 20.4. The number of nitrogens with one attached hydrogen (secondary N) is 2. The molecule has 0 radical (unpaired) electrons. The summed E-state index contributed by atoms with van der Waals surface area (Å²) in [5, 5.41) is 13.3. The van der Waals surface area contributed by atoms with Crippen molar-refractivity contribution in [1.82, 2.24) is 15.2 Å².